The van der Waals surface area contributed by atoms with Gasteiger partial charge in [0.05, 0.1) is 0 Å². The summed E-state index contributed by atoms with van der Waals surface area (Å²) in [6, 6.07) is 45.5. The Morgan fingerprint density at radius 2 is 1.05 bits per heavy atom. The molecule has 0 spiro atoms. The van der Waals surface area contributed by atoms with Crippen molar-refractivity contribution in [3.8, 4) is 22.3 Å². The average molecular weight is 679 g/mol. The third-order valence-electron chi connectivity index (χ3n) is 7.98. The van der Waals surface area contributed by atoms with Crippen LogP contribution in [0.3, 0.4) is 0 Å². The van der Waals surface area contributed by atoms with Gasteiger partial charge in [-0.15, -0.1) is 81.2 Å². The van der Waals surface area contributed by atoms with E-state index in [1.165, 1.54) is 90.3 Å². The second kappa shape index (κ2) is 14.3. The standard InChI is InChI=1S/2C17H11.C4H6O2.2ClH.Zr/c2*1-3-7-14-12(5-1)9-10-16-15-8-4-2-6-13(15)11-17(14)16;1-2-6-4-3-5-1;;;/h2*1-6,8-10H,11H2;1-3H2;2*1H;/q2*-1;;;;+2/p-2. The van der Waals surface area contributed by atoms with Crippen LogP contribution in [0.2, 0.25) is 0 Å². The number of ether oxygens (including phenoxy) is 2. The van der Waals surface area contributed by atoms with Crippen LogP contribution in [0.5, 0.6) is 0 Å². The molecule has 1 heterocycles. The zero-order valence-electron chi connectivity index (χ0n) is 23.5. The summed E-state index contributed by atoms with van der Waals surface area (Å²) in [6.07, 6.45) is 2.09. The quantitative estimate of drug-likeness (QED) is 0.229. The molecule has 0 unspecified atom stereocenters. The van der Waals surface area contributed by atoms with Crippen LogP contribution in [0.15, 0.2) is 109 Å². The zero-order valence-corrected chi connectivity index (χ0v) is 27.5. The van der Waals surface area contributed by atoms with Crippen molar-refractivity contribution in [1.29, 1.82) is 0 Å². The van der Waals surface area contributed by atoms with Crippen molar-refractivity contribution in [1.82, 2.24) is 0 Å². The first-order chi connectivity index (χ1) is 20.3. The number of halogens is 2. The Kier molecular flexibility index (Phi) is 10.4. The molecular formula is C38H28Cl2O2Zr-2. The predicted octanol–water partition coefficient (Wildman–Crippen LogP) is 2.14. The molecule has 2 aliphatic carbocycles. The van der Waals surface area contributed by atoms with Crippen molar-refractivity contribution in [2.45, 2.75) is 12.8 Å². The molecule has 0 amide bonds. The van der Waals surface area contributed by atoms with E-state index in [-0.39, 0.29) is 24.8 Å². The van der Waals surface area contributed by atoms with Crippen LogP contribution in [-0.2, 0) is 46.6 Å². The Balaban J connectivity index is 0.000000136. The third kappa shape index (κ3) is 6.48. The van der Waals surface area contributed by atoms with Gasteiger partial charge >= 0.3 is 56.9 Å². The van der Waals surface area contributed by atoms with E-state index in [1.807, 2.05) is 12.1 Å². The largest absolute Gasteiger partial charge is 0.147 e. The Morgan fingerprint density at radius 3 is 1.49 bits per heavy atom. The fourth-order valence-corrected chi connectivity index (χ4v) is 6.58. The van der Waals surface area contributed by atoms with Gasteiger partial charge in [0.2, 0.25) is 0 Å². The summed E-state index contributed by atoms with van der Waals surface area (Å²) in [5, 5.41) is 5.14. The second-order valence-electron chi connectivity index (χ2n) is 10.4. The molecule has 0 radical (unpaired) electrons. The Bertz CT molecular complexity index is 1780. The van der Waals surface area contributed by atoms with Crippen LogP contribution in [0, 0.1) is 12.1 Å². The number of hydrogen-bond acceptors (Lipinski definition) is 2. The average Bonchev–Trinajstić information content (AvgIpc) is 3.61. The van der Waals surface area contributed by atoms with Gasteiger partial charge in [0, 0.05) is 0 Å². The molecule has 5 heteroatoms. The van der Waals surface area contributed by atoms with E-state index < -0.39 is 0 Å². The van der Waals surface area contributed by atoms with E-state index in [4.69, 9.17) is 9.47 Å². The van der Waals surface area contributed by atoms with E-state index in [2.05, 4.69) is 109 Å². The van der Waals surface area contributed by atoms with Crippen molar-refractivity contribution >= 4 is 24.9 Å². The summed E-state index contributed by atoms with van der Waals surface area (Å²) in [6.45, 7) is 2.23. The molecule has 3 aliphatic rings. The van der Waals surface area contributed by atoms with Gasteiger partial charge in [-0.25, -0.2) is 0 Å². The first-order valence-electron chi connectivity index (χ1n) is 14.1. The second-order valence-corrected chi connectivity index (χ2v) is 11.8. The minimum Gasteiger partial charge on any atom is -0.147 e. The molecule has 0 aromatic heterocycles. The van der Waals surface area contributed by atoms with Gasteiger partial charge in [0.25, 0.3) is 0 Å². The Hall–Kier alpha value is -2.91. The van der Waals surface area contributed by atoms with Gasteiger partial charge in [0.15, 0.2) is 0 Å². The summed E-state index contributed by atoms with van der Waals surface area (Å²) in [4.78, 5) is 0. The first-order valence-corrected chi connectivity index (χ1v) is 15.3. The smallest absolute Gasteiger partial charge is 0.0246 e. The summed E-state index contributed by atoms with van der Waals surface area (Å²) in [7, 11) is 0. The van der Waals surface area contributed by atoms with Crippen LogP contribution in [-0.4, -0.2) is 23.2 Å². The van der Waals surface area contributed by atoms with Crippen molar-refractivity contribution in [2.24, 2.45) is 0 Å². The van der Waals surface area contributed by atoms with Gasteiger partial charge in [-0.05, 0) is 35.1 Å². The van der Waals surface area contributed by atoms with E-state index in [9.17, 15) is 0 Å². The minimum atomic E-state index is 0. The molecule has 1 aliphatic heterocycles. The maximum absolute atomic E-state index is 5.11. The summed E-state index contributed by atoms with van der Waals surface area (Å²) in [5.74, 6) is 0. The van der Waals surface area contributed by atoms with Crippen molar-refractivity contribution in [2.75, 3.05) is 19.8 Å². The Morgan fingerprint density at radius 1 is 0.535 bits per heavy atom. The third-order valence-corrected chi connectivity index (χ3v) is 8.69. The maximum atomic E-state index is 5.11. The molecule has 0 bridgehead atoms. The molecule has 1 fully saturated rings. The SMILES string of the molecule is [Cl-].[Cl-].[Zr+2]=[C]1COCCO1.[c-]1cccc2ccc3c(c12)Cc1ccccc1-3.[c-]1cccc2ccc3c(c12)Cc1ccccc1-3. The van der Waals surface area contributed by atoms with Gasteiger partial charge in [-0.2, -0.15) is 0 Å². The van der Waals surface area contributed by atoms with Crippen molar-refractivity contribution in [3.05, 3.63) is 144 Å². The monoisotopic (exact) mass is 676 g/mol. The number of fused-ring (bicyclic) bond motifs is 10. The molecular weight excluding hydrogens is 651 g/mol. The molecule has 212 valence electrons. The van der Waals surface area contributed by atoms with Crippen LogP contribution in [0.1, 0.15) is 22.3 Å². The van der Waals surface area contributed by atoms with Crippen LogP contribution >= 0.6 is 0 Å². The fourth-order valence-electron chi connectivity index (χ4n) is 6.07. The molecule has 43 heavy (non-hydrogen) atoms. The number of hydrogen-bond donors (Lipinski definition) is 0. The zero-order chi connectivity index (χ0) is 27.6. The summed E-state index contributed by atoms with van der Waals surface area (Å²) in [5.41, 5.74) is 11.3. The van der Waals surface area contributed by atoms with Crippen LogP contribution in [0.4, 0.5) is 0 Å². The normalized spacial score (nSPS) is 13.6. The minimum absolute atomic E-state index is 0. The predicted molar refractivity (Wildman–Crippen MR) is 164 cm³/mol. The van der Waals surface area contributed by atoms with Crippen molar-refractivity contribution in [3.63, 3.8) is 0 Å². The van der Waals surface area contributed by atoms with Gasteiger partial charge in [-0.3, -0.25) is 0 Å². The van der Waals surface area contributed by atoms with Gasteiger partial charge in [0.1, 0.15) is 0 Å². The number of rotatable bonds is 0. The first kappa shape index (κ1) is 31.5. The molecule has 0 N–H and O–H groups in total. The summed E-state index contributed by atoms with van der Waals surface area (Å²) >= 11 is 1.34. The molecule has 9 rings (SSSR count). The molecule has 0 atom stereocenters. The van der Waals surface area contributed by atoms with E-state index in [0.29, 0.717) is 0 Å². The van der Waals surface area contributed by atoms with Gasteiger partial charge in [-0.1, -0.05) is 83.9 Å². The molecule has 0 saturated carbocycles. The molecule has 2 nitrogen and oxygen atoms in total. The molecule has 1 saturated heterocycles. The van der Waals surface area contributed by atoms with Crippen molar-refractivity contribution < 1.29 is 58.5 Å². The van der Waals surface area contributed by atoms with Gasteiger partial charge < -0.3 is 24.8 Å². The molecule has 6 aromatic carbocycles. The van der Waals surface area contributed by atoms with Crippen LogP contribution < -0.4 is 24.8 Å². The maximum Gasteiger partial charge on any atom is -0.0246 e. The topological polar surface area (TPSA) is 18.5 Å². The van der Waals surface area contributed by atoms with Crippen LogP contribution in [0.25, 0.3) is 43.8 Å². The Labute approximate surface area is 280 Å². The summed E-state index contributed by atoms with van der Waals surface area (Å²) < 4.78 is 11.2. The molecule has 6 aromatic rings. The number of benzene rings is 6. The van der Waals surface area contributed by atoms with E-state index >= 15 is 0 Å². The van der Waals surface area contributed by atoms with E-state index in [1.54, 1.807) is 0 Å². The van der Waals surface area contributed by atoms with E-state index in [0.717, 1.165) is 36.1 Å². The fraction of sp³-hybridized carbons (Fsp3) is 0.132.